The molecule has 0 saturated heterocycles. The normalized spacial score (nSPS) is 10.9. The van der Waals surface area contributed by atoms with Gasteiger partial charge < -0.3 is 9.84 Å². The fourth-order valence-corrected chi connectivity index (χ4v) is 3.23. The molecule has 0 atom stereocenters. The summed E-state index contributed by atoms with van der Waals surface area (Å²) in [5.74, 6) is 0.708. The number of hydrogen-bond acceptors (Lipinski definition) is 3. The smallest absolute Gasteiger partial charge is 0.160 e. The number of hydrogen-bond donors (Lipinski definition) is 1. The van der Waals surface area contributed by atoms with Gasteiger partial charge in [-0.15, -0.1) is 0 Å². The van der Waals surface area contributed by atoms with Gasteiger partial charge in [0.05, 0.1) is 7.11 Å². The van der Waals surface area contributed by atoms with Crippen LogP contribution in [0, 0.1) is 0 Å². The summed E-state index contributed by atoms with van der Waals surface area (Å²) in [5.41, 5.74) is 3.79. The number of phenolic OH excluding ortho intramolecular Hbond substituents is 1. The molecule has 140 valence electrons. The van der Waals surface area contributed by atoms with Crippen LogP contribution in [0.5, 0.6) is 11.5 Å². The lowest BCUT2D eigenvalue weighted by Gasteiger charge is -2.23. The number of ether oxygens (including phenoxy) is 1. The lowest BCUT2D eigenvalue weighted by molar-refractivity contribution is 0.271. The minimum absolute atomic E-state index is 0.195. The van der Waals surface area contributed by atoms with Gasteiger partial charge >= 0.3 is 0 Å². The van der Waals surface area contributed by atoms with Gasteiger partial charge in [0.2, 0.25) is 0 Å². The number of nitrogens with zero attached hydrogens (tertiary/aromatic N) is 1. The maximum absolute atomic E-state index is 10.1. The highest BCUT2D eigenvalue weighted by atomic mass is 16.5. The van der Waals surface area contributed by atoms with E-state index in [0.29, 0.717) is 5.75 Å². The average molecular weight is 361 g/mol. The predicted octanol–water partition coefficient (Wildman–Crippen LogP) is 4.69. The summed E-state index contributed by atoms with van der Waals surface area (Å²) in [6.45, 7) is 2.75. The quantitative estimate of drug-likeness (QED) is 0.600. The summed E-state index contributed by atoms with van der Waals surface area (Å²) < 4.78 is 5.15. The van der Waals surface area contributed by atoms with Crippen molar-refractivity contribution in [2.45, 2.75) is 19.4 Å². The Morgan fingerprint density at radius 2 is 1.30 bits per heavy atom. The molecule has 0 fully saturated rings. The van der Waals surface area contributed by atoms with E-state index in [0.717, 1.165) is 38.0 Å². The van der Waals surface area contributed by atoms with Gasteiger partial charge in [-0.1, -0.05) is 66.7 Å². The molecule has 3 heteroatoms. The van der Waals surface area contributed by atoms with Crippen LogP contribution in [0.4, 0.5) is 0 Å². The van der Waals surface area contributed by atoms with E-state index in [1.165, 1.54) is 11.1 Å². The number of aromatic hydroxyl groups is 1. The van der Waals surface area contributed by atoms with Crippen LogP contribution in [0.3, 0.4) is 0 Å². The summed E-state index contributed by atoms with van der Waals surface area (Å²) in [6, 6.07) is 26.8. The van der Waals surface area contributed by atoms with Gasteiger partial charge in [-0.25, -0.2) is 0 Å². The van der Waals surface area contributed by atoms with Crippen molar-refractivity contribution >= 4 is 0 Å². The third-order valence-corrected chi connectivity index (χ3v) is 4.77. The zero-order valence-corrected chi connectivity index (χ0v) is 15.8. The predicted molar refractivity (Wildman–Crippen MR) is 110 cm³/mol. The molecule has 0 bridgehead atoms. The molecular weight excluding hydrogens is 334 g/mol. The van der Waals surface area contributed by atoms with Gasteiger partial charge in [0.25, 0.3) is 0 Å². The Balaban J connectivity index is 1.67. The van der Waals surface area contributed by atoms with Gasteiger partial charge in [-0.05, 0) is 41.7 Å². The lowest BCUT2D eigenvalue weighted by Crippen LogP contribution is -2.28. The van der Waals surface area contributed by atoms with Crippen molar-refractivity contribution in [1.29, 1.82) is 0 Å². The van der Waals surface area contributed by atoms with Crippen LogP contribution in [0.1, 0.15) is 16.7 Å². The Morgan fingerprint density at radius 3 is 1.78 bits per heavy atom. The summed E-state index contributed by atoms with van der Waals surface area (Å²) in [7, 11) is 1.57. The third-order valence-electron chi connectivity index (χ3n) is 4.77. The molecule has 0 aliphatic carbocycles. The molecule has 0 saturated carbocycles. The molecule has 0 unspecified atom stereocenters. The van der Waals surface area contributed by atoms with E-state index in [9.17, 15) is 5.11 Å². The minimum atomic E-state index is 0.195. The van der Waals surface area contributed by atoms with Crippen molar-refractivity contribution in [1.82, 2.24) is 4.90 Å². The zero-order valence-electron chi connectivity index (χ0n) is 15.8. The van der Waals surface area contributed by atoms with Crippen LogP contribution in [0.15, 0.2) is 78.9 Å². The molecule has 0 radical (unpaired) electrons. The molecular formula is C24H27NO2. The highest BCUT2D eigenvalue weighted by Gasteiger charge is 2.09. The van der Waals surface area contributed by atoms with Crippen LogP contribution in [0.2, 0.25) is 0 Å². The Kier molecular flexibility index (Phi) is 6.89. The fourth-order valence-electron chi connectivity index (χ4n) is 3.23. The van der Waals surface area contributed by atoms with Gasteiger partial charge in [-0.3, -0.25) is 4.90 Å². The van der Waals surface area contributed by atoms with E-state index in [2.05, 4.69) is 65.6 Å². The second kappa shape index (κ2) is 9.79. The Hall–Kier alpha value is -2.78. The van der Waals surface area contributed by atoms with Crippen LogP contribution in [0.25, 0.3) is 0 Å². The summed E-state index contributed by atoms with van der Waals surface area (Å²) in [4.78, 5) is 2.45. The van der Waals surface area contributed by atoms with Crippen molar-refractivity contribution in [2.75, 3.05) is 20.2 Å². The topological polar surface area (TPSA) is 32.7 Å². The first kappa shape index (κ1) is 19.0. The van der Waals surface area contributed by atoms with Gasteiger partial charge in [-0.2, -0.15) is 0 Å². The van der Waals surface area contributed by atoms with E-state index in [4.69, 9.17) is 4.74 Å². The Labute approximate surface area is 161 Å². The van der Waals surface area contributed by atoms with E-state index in [1.807, 2.05) is 12.1 Å². The van der Waals surface area contributed by atoms with Crippen molar-refractivity contribution in [3.63, 3.8) is 0 Å². The zero-order chi connectivity index (χ0) is 18.9. The molecule has 0 spiro atoms. The van der Waals surface area contributed by atoms with Crippen molar-refractivity contribution < 1.29 is 9.84 Å². The highest BCUT2D eigenvalue weighted by molar-refractivity contribution is 5.41. The highest BCUT2D eigenvalue weighted by Crippen LogP contribution is 2.26. The van der Waals surface area contributed by atoms with Crippen LogP contribution in [-0.4, -0.2) is 30.2 Å². The SMILES string of the molecule is COc1ccc(CN(CCc2ccccc2)CCc2ccccc2)cc1O. The number of methoxy groups -OCH3 is 1. The van der Waals surface area contributed by atoms with Crippen molar-refractivity contribution in [2.24, 2.45) is 0 Å². The second-order valence-electron chi connectivity index (χ2n) is 6.75. The molecule has 0 aliphatic heterocycles. The number of phenols is 1. The molecule has 1 N–H and O–H groups in total. The summed E-state index contributed by atoms with van der Waals surface area (Å²) >= 11 is 0. The first-order chi connectivity index (χ1) is 13.2. The molecule has 0 aliphatic rings. The third kappa shape index (κ3) is 5.87. The summed E-state index contributed by atoms with van der Waals surface area (Å²) in [5, 5.41) is 10.1. The maximum atomic E-state index is 10.1. The Bertz CT molecular complexity index is 775. The maximum Gasteiger partial charge on any atom is 0.160 e. The molecule has 0 amide bonds. The molecule has 3 aromatic rings. The van der Waals surface area contributed by atoms with Crippen molar-refractivity contribution in [3.05, 3.63) is 95.6 Å². The molecule has 3 nitrogen and oxygen atoms in total. The van der Waals surface area contributed by atoms with Gasteiger partial charge in [0.15, 0.2) is 11.5 Å². The van der Waals surface area contributed by atoms with Crippen LogP contribution in [-0.2, 0) is 19.4 Å². The molecule has 27 heavy (non-hydrogen) atoms. The van der Waals surface area contributed by atoms with E-state index < -0.39 is 0 Å². The standard InChI is InChI=1S/C24H27NO2/c1-27-24-13-12-22(18-23(24)26)19-25(16-14-20-8-4-2-5-9-20)17-15-21-10-6-3-7-11-21/h2-13,18,26H,14-17,19H2,1H3. The monoisotopic (exact) mass is 361 g/mol. The number of rotatable bonds is 9. The van der Waals surface area contributed by atoms with Gasteiger partial charge in [0, 0.05) is 19.6 Å². The van der Waals surface area contributed by atoms with Crippen LogP contribution >= 0.6 is 0 Å². The molecule has 3 aromatic carbocycles. The Morgan fingerprint density at radius 1 is 0.741 bits per heavy atom. The first-order valence-electron chi connectivity index (χ1n) is 9.40. The average Bonchev–Trinajstić information content (AvgIpc) is 2.72. The first-order valence-corrected chi connectivity index (χ1v) is 9.40. The van der Waals surface area contributed by atoms with E-state index in [-0.39, 0.29) is 5.75 Å². The summed E-state index contributed by atoms with van der Waals surface area (Å²) in [6.07, 6.45) is 2.02. The van der Waals surface area contributed by atoms with E-state index in [1.54, 1.807) is 13.2 Å². The second-order valence-corrected chi connectivity index (χ2v) is 6.75. The van der Waals surface area contributed by atoms with Gasteiger partial charge in [0.1, 0.15) is 0 Å². The van der Waals surface area contributed by atoms with Crippen molar-refractivity contribution in [3.8, 4) is 11.5 Å². The van der Waals surface area contributed by atoms with Crippen LogP contribution < -0.4 is 4.74 Å². The molecule has 3 rings (SSSR count). The fraction of sp³-hybridized carbons (Fsp3) is 0.250. The number of benzene rings is 3. The minimum Gasteiger partial charge on any atom is -0.504 e. The lowest BCUT2D eigenvalue weighted by atomic mass is 10.1. The largest absolute Gasteiger partial charge is 0.504 e. The molecule has 0 heterocycles. The molecule has 0 aromatic heterocycles. The van der Waals surface area contributed by atoms with E-state index >= 15 is 0 Å².